The van der Waals surface area contributed by atoms with Gasteiger partial charge < -0.3 is 0 Å². The Hall–Kier alpha value is -0.247. The number of carbonyl (C=O) groups is 1. The van der Waals surface area contributed by atoms with Crippen molar-refractivity contribution in [2.24, 2.45) is 0 Å². The van der Waals surface area contributed by atoms with E-state index >= 15 is 0 Å². The molecule has 0 rings (SSSR count). The third-order valence-corrected chi connectivity index (χ3v) is 1.31. The van der Waals surface area contributed by atoms with E-state index in [0.29, 0.717) is 5.57 Å². The summed E-state index contributed by atoms with van der Waals surface area (Å²) in [4.78, 5) is 10.2. The molecular weight excluding hydrogens is 153 g/mol. The summed E-state index contributed by atoms with van der Waals surface area (Å²) < 4.78 is 4.46. The molecule has 0 atom stereocenters. The summed E-state index contributed by atoms with van der Waals surface area (Å²) in [7, 11) is 0. The molecule has 2 nitrogen and oxygen atoms in total. The normalized spacial score (nSPS) is 8.14. The van der Waals surface area contributed by atoms with Crippen LogP contribution in [0.25, 0.3) is 0 Å². The van der Waals surface area contributed by atoms with Crippen molar-refractivity contribution in [2.75, 3.05) is 0 Å². The van der Waals surface area contributed by atoms with Crippen LogP contribution in [0, 0.1) is 0 Å². The Labute approximate surface area is 51.1 Å². The summed E-state index contributed by atoms with van der Waals surface area (Å²) in [6.07, 6.45) is 0. The zero-order chi connectivity index (χ0) is 5.86. The molecule has 0 aliphatic heterocycles. The van der Waals surface area contributed by atoms with Gasteiger partial charge in [0.05, 0.1) is 0 Å². The van der Waals surface area contributed by atoms with Gasteiger partial charge in [0.15, 0.2) is 0 Å². The molecular formula is C4H8GeO2. The summed E-state index contributed by atoms with van der Waals surface area (Å²) in [6, 6.07) is 0. The molecule has 0 aromatic rings. The predicted molar refractivity (Wildman–Crippen MR) is 30.8 cm³/mol. The van der Waals surface area contributed by atoms with Crippen molar-refractivity contribution in [1.29, 1.82) is 0 Å². The Bertz CT molecular complexity index is 97.9. The van der Waals surface area contributed by atoms with Gasteiger partial charge in [-0.2, -0.15) is 0 Å². The van der Waals surface area contributed by atoms with Crippen LogP contribution in [-0.4, -0.2) is 22.8 Å². The molecule has 0 aliphatic carbocycles. The second-order valence-electron chi connectivity index (χ2n) is 1.27. The van der Waals surface area contributed by atoms with E-state index in [9.17, 15) is 4.79 Å². The Morgan fingerprint density at radius 3 is 2.29 bits per heavy atom. The van der Waals surface area contributed by atoms with Gasteiger partial charge >= 0.3 is 50.5 Å². The van der Waals surface area contributed by atoms with Crippen molar-refractivity contribution in [3.8, 4) is 0 Å². The Kier molecular flexibility index (Phi) is 2.75. The number of hydrogen-bond donors (Lipinski definition) is 0. The van der Waals surface area contributed by atoms with Crippen LogP contribution in [0.1, 0.15) is 6.92 Å². The van der Waals surface area contributed by atoms with E-state index in [1.165, 1.54) is 0 Å². The molecule has 40 valence electrons. The molecule has 0 saturated carbocycles. The first-order valence-corrected chi connectivity index (χ1v) is 3.63. The Balaban J connectivity index is 3.58. The molecule has 3 heteroatoms. The quantitative estimate of drug-likeness (QED) is 0.378. The van der Waals surface area contributed by atoms with Crippen molar-refractivity contribution in [1.82, 2.24) is 0 Å². The molecule has 0 unspecified atom stereocenters. The van der Waals surface area contributed by atoms with Gasteiger partial charge in [0, 0.05) is 0 Å². The number of hydrogen-bond acceptors (Lipinski definition) is 2. The van der Waals surface area contributed by atoms with E-state index in [-0.39, 0.29) is 22.8 Å². The average Bonchev–Trinajstić information content (AvgIpc) is 1.65. The van der Waals surface area contributed by atoms with E-state index < -0.39 is 0 Å². The van der Waals surface area contributed by atoms with Gasteiger partial charge in [-0.15, -0.1) is 0 Å². The molecule has 0 aliphatic rings. The maximum absolute atomic E-state index is 10.2. The summed E-state index contributed by atoms with van der Waals surface area (Å²) in [5, 5.41) is 0. The van der Waals surface area contributed by atoms with Crippen LogP contribution in [-0.2, 0) is 8.56 Å². The second kappa shape index (κ2) is 2.85. The third-order valence-electron chi connectivity index (χ3n) is 0.534. The summed E-state index contributed by atoms with van der Waals surface area (Å²) in [5.41, 5.74) is 0.480. The molecule has 0 amide bonds. The molecule has 0 aromatic carbocycles. The first-order valence-electron chi connectivity index (χ1n) is 1.92. The van der Waals surface area contributed by atoms with E-state index in [0.717, 1.165) is 0 Å². The van der Waals surface area contributed by atoms with Crippen LogP contribution in [0.4, 0.5) is 0 Å². The minimum absolute atomic E-state index is 0.156. The number of carbonyl (C=O) groups excluding carboxylic acids is 1. The zero-order valence-corrected chi connectivity index (χ0v) is 8.72. The maximum atomic E-state index is 10.2. The molecule has 0 bridgehead atoms. The molecule has 0 aromatic heterocycles. The SMILES string of the molecule is C=C(C)C(=O)[O][GeH3]. The van der Waals surface area contributed by atoms with E-state index in [1.807, 2.05) is 0 Å². The fourth-order valence-electron chi connectivity index (χ4n) is 0.174. The topological polar surface area (TPSA) is 26.3 Å². The Morgan fingerprint density at radius 2 is 2.29 bits per heavy atom. The summed E-state index contributed by atoms with van der Waals surface area (Å²) in [5.74, 6) is -0.264. The molecule has 0 N–H and O–H groups in total. The first kappa shape index (κ1) is 6.75. The van der Waals surface area contributed by atoms with Gasteiger partial charge in [-0.05, 0) is 0 Å². The Morgan fingerprint density at radius 1 is 1.86 bits per heavy atom. The third kappa shape index (κ3) is 2.45. The van der Waals surface area contributed by atoms with Gasteiger partial charge in [-0.3, -0.25) is 0 Å². The van der Waals surface area contributed by atoms with E-state index in [1.54, 1.807) is 6.92 Å². The van der Waals surface area contributed by atoms with Crippen molar-refractivity contribution in [3.05, 3.63) is 12.2 Å². The fraction of sp³-hybridized carbons (Fsp3) is 0.250. The molecule has 0 saturated heterocycles. The summed E-state index contributed by atoms with van der Waals surface area (Å²) in [6.45, 7) is 5.01. The van der Waals surface area contributed by atoms with E-state index in [2.05, 4.69) is 10.3 Å². The van der Waals surface area contributed by atoms with E-state index in [4.69, 9.17) is 0 Å². The molecule has 0 fully saturated rings. The van der Waals surface area contributed by atoms with Crippen molar-refractivity contribution >= 4 is 22.8 Å². The van der Waals surface area contributed by atoms with Gasteiger partial charge in [0.1, 0.15) is 0 Å². The average molecular weight is 161 g/mol. The number of rotatable bonds is 1. The molecule has 0 spiro atoms. The van der Waals surface area contributed by atoms with Gasteiger partial charge in [-0.1, -0.05) is 0 Å². The molecule has 0 radical (unpaired) electrons. The standard InChI is InChI=1S/C4H8GeO2/c1-3(2)4(6)7-5/h1H2,2,5H3. The van der Waals surface area contributed by atoms with Crippen molar-refractivity contribution < 1.29 is 8.56 Å². The van der Waals surface area contributed by atoms with Crippen molar-refractivity contribution in [2.45, 2.75) is 6.92 Å². The minimum atomic E-state index is -0.264. The van der Waals surface area contributed by atoms with Crippen LogP contribution in [0.5, 0.6) is 0 Å². The second-order valence-corrected chi connectivity index (χ2v) is 2.13. The summed E-state index contributed by atoms with van der Waals surface area (Å²) >= 11 is 0.156. The van der Waals surface area contributed by atoms with Gasteiger partial charge in [0.2, 0.25) is 0 Å². The van der Waals surface area contributed by atoms with Crippen LogP contribution in [0.15, 0.2) is 12.2 Å². The molecule has 7 heavy (non-hydrogen) atoms. The van der Waals surface area contributed by atoms with Crippen LogP contribution in [0.3, 0.4) is 0 Å². The van der Waals surface area contributed by atoms with Crippen LogP contribution < -0.4 is 0 Å². The van der Waals surface area contributed by atoms with Crippen LogP contribution in [0.2, 0.25) is 0 Å². The van der Waals surface area contributed by atoms with Gasteiger partial charge in [0.25, 0.3) is 0 Å². The zero-order valence-electron chi connectivity index (χ0n) is 4.52. The van der Waals surface area contributed by atoms with Crippen LogP contribution >= 0.6 is 0 Å². The first-order chi connectivity index (χ1) is 3.18. The fourth-order valence-corrected chi connectivity index (χ4v) is 0.905. The predicted octanol–water partition coefficient (Wildman–Crippen LogP) is -0.614. The monoisotopic (exact) mass is 162 g/mol. The van der Waals surface area contributed by atoms with Crippen molar-refractivity contribution in [3.63, 3.8) is 0 Å². The molecule has 0 heterocycles. The van der Waals surface area contributed by atoms with Gasteiger partial charge in [-0.25, -0.2) is 0 Å².